The van der Waals surface area contributed by atoms with Crippen LogP contribution in [0.4, 0.5) is 5.95 Å². The Morgan fingerprint density at radius 2 is 1.77 bits per heavy atom. The third-order valence-corrected chi connectivity index (χ3v) is 8.13. The van der Waals surface area contributed by atoms with Crippen LogP contribution >= 0.6 is 0 Å². The highest BCUT2D eigenvalue weighted by Crippen LogP contribution is 2.39. The average Bonchev–Trinajstić information content (AvgIpc) is 3.33. The van der Waals surface area contributed by atoms with E-state index in [1.54, 1.807) is 35.9 Å². The molecule has 3 heterocycles. The van der Waals surface area contributed by atoms with Gasteiger partial charge in [-0.3, -0.25) is 19.3 Å². The van der Waals surface area contributed by atoms with Crippen molar-refractivity contribution in [3.05, 3.63) is 47.8 Å². The summed E-state index contributed by atoms with van der Waals surface area (Å²) in [6.07, 6.45) is 4.21. The van der Waals surface area contributed by atoms with Crippen LogP contribution in [-0.2, 0) is 19.5 Å². The zero-order valence-electron chi connectivity index (χ0n) is 23.1. The molecular weight excluding hydrogens is 524 g/mol. The van der Waals surface area contributed by atoms with Crippen LogP contribution in [0.3, 0.4) is 0 Å². The molecule has 2 aromatic heterocycles. The molecule has 0 aliphatic carbocycles. The Bertz CT molecular complexity index is 1330. The van der Waals surface area contributed by atoms with Crippen LogP contribution in [0, 0.1) is 6.92 Å². The first-order chi connectivity index (χ1) is 18.7. The molecule has 0 spiro atoms. The number of nitrogens with one attached hydrogen (secondary N) is 1. The van der Waals surface area contributed by atoms with Crippen LogP contribution < -0.4 is 14.2 Å². The van der Waals surface area contributed by atoms with Crippen molar-refractivity contribution in [2.45, 2.75) is 70.5 Å². The zero-order chi connectivity index (χ0) is 28.2. The lowest BCUT2D eigenvalue weighted by molar-refractivity contribution is 0.00392. The van der Waals surface area contributed by atoms with E-state index in [1.165, 1.54) is 20.4 Å². The third kappa shape index (κ3) is 6.31. The Labute approximate surface area is 229 Å². The van der Waals surface area contributed by atoms with Crippen molar-refractivity contribution in [3.8, 4) is 17.2 Å². The first-order valence-corrected chi connectivity index (χ1v) is 14.4. The number of anilines is 1. The van der Waals surface area contributed by atoms with Crippen molar-refractivity contribution < 1.29 is 27.4 Å². The summed E-state index contributed by atoms with van der Waals surface area (Å²) < 4.78 is 55.2. The van der Waals surface area contributed by atoms with E-state index in [1.807, 2.05) is 20.8 Å². The van der Waals surface area contributed by atoms with Crippen molar-refractivity contribution in [1.29, 1.82) is 0 Å². The highest BCUT2D eigenvalue weighted by atomic mass is 32.2. The fraction of sp³-hybridized carbons (Fsp3) is 0.538. The van der Waals surface area contributed by atoms with E-state index >= 15 is 0 Å². The SMILES string of the molecule is COc1cccc(OC)c1-n1c(NS(=O)(=O)C(C)C(OC(C)C)c2cnc(C)cn2)nnc1[C@@H]1CCCCO1. The molecule has 1 aliphatic heterocycles. The number of aryl methyl sites for hydroxylation is 1. The fourth-order valence-corrected chi connectivity index (χ4v) is 5.54. The van der Waals surface area contributed by atoms with Crippen molar-refractivity contribution >= 4 is 16.0 Å². The van der Waals surface area contributed by atoms with E-state index in [4.69, 9.17) is 18.9 Å². The van der Waals surface area contributed by atoms with Crippen molar-refractivity contribution in [2.75, 3.05) is 25.5 Å². The van der Waals surface area contributed by atoms with Gasteiger partial charge in [0.25, 0.3) is 0 Å². The Morgan fingerprint density at radius 1 is 1.05 bits per heavy atom. The lowest BCUT2D eigenvalue weighted by Gasteiger charge is -2.27. The van der Waals surface area contributed by atoms with Crippen LogP contribution in [0.5, 0.6) is 11.5 Å². The summed E-state index contributed by atoms with van der Waals surface area (Å²) in [6.45, 7) is 7.62. The van der Waals surface area contributed by atoms with E-state index in [2.05, 4.69) is 24.9 Å². The van der Waals surface area contributed by atoms with Crippen LogP contribution in [-0.4, -0.2) is 65.3 Å². The summed E-state index contributed by atoms with van der Waals surface area (Å²) in [5.74, 6) is 1.33. The molecule has 4 rings (SSSR count). The van der Waals surface area contributed by atoms with Crippen molar-refractivity contribution in [3.63, 3.8) is 0 Å². The quantitative estimate of drug-likeness (QED) is 0.367. The summed E-state index contributed by atoms with van der Waals surface area (Å²) in [5, 5.41) is 7.56. The van der Waals surface area contributed by atoms with Gasteiger partial charge in [0, 0.05) is 12.8 Å². The molecule has 12 nitrogen and oxygen atoms in total. The normalized spacial score (nSPS) is 17.6. The molecule has 0 bridgehead atoms. The lowest BCUT2D eigenvalue weighted by Crippen LogP contribution is -2.34. The minimum absolute atomic E-state index is 0.0212. The maximum absolute atomic E-state index is 13.8. The first-order valence-electron chi connectivity index (χ1n) is 12.9. The van der Waals surface area contributed by atoms with Gasteiger partial charge in [0.1, 0.15) is 34.6 Å². The number of aromatic nitrogens is 5. The van der Waals surface area contributed by atoms with Crippen LogP contribution in [0.15, 0.2) is 30.6 Å². The summed E-state index contributed by atoms with van der Waals surface area (Å²) in [6, 6.07) is 5.30. The summed E-state index contributed by atoms with van der Waals surface area (Å²) >= 11 is 0. The number of rotatable bonds is 11. The maximum atomic E-state index is 13.8. The number of nitrogens with zero attached hydrogens (tertiary/aromatic N) is 5. The molecule has 39 heavy (non-hydrogen) atoms. The highest BCUT2D eigenvalue weighted by molar-refractivity contribution is 7.93. The molecule has 3 atom stereocenters. The lowest BCUT2D eigenvalue weighted by atomic mass is 10.1. The molecule has 212 valence electrons. The van der Waals surface area contributed by atoms with Crippen molar-refractivity contribution in [2.24, 2.45) is 0 Å². The number of benzene rings is 1. The highest BCUT2D eigenvalue weighted by Gasteiger charge is 2.36. The zero-order valence-corrected chi connectivity index (χ0v) is 23.9. The van der Waals surface area contributed by atoms with E-state index in [9.17, 15) is 8.42 Å². The maximum Gasteiger partial charge on any atom is 0.243 e. The second-order valence-corrected chi connectivity index (χ2v) is 11.7. The molecule has 2 unspecified atom stereocenters. The average molecular weight is 561 g/mol. The smallest absolute Gasteiger partial charge is 0.243 e. The van der Waals surface area contributed by atoms with Gasteiger partial charge >= 0.3 is 0 Å². The molecule has 13 heteroatoms. The van der Waals surface area contributed by atoms with Crippen LogP contribution in [0.1, 0.15) is 69.5 Å². The number of hydrogen-bond donors (Lipinski definition) is 1. The first kappa shape index (κ1) is 28.7. The standard InChI is InChI=1S/C26H36N6O6S/c1-16(2)38-24(19-15-27-17(3)14-28-19)18(4)39(33,34)31-26-30-29-25(22-10-7-8-13-37-22)32(26)23-20(35-5)11-9-12-21(23)36-6/h9,11-12,14-16,18,22,24H,7-8,10,13H2,1-6H3,(H,30,31)/t18?,22-,24?/m0/s1. The molecule has 0 radical (unpaired) electrons. The van der Waals surface area contributed by atoms with Crippen LogP contribution in [0.25, 0.3) is 5.69 Å². The largest absolute Gasteiger partial charge is 0.494 e. The van der Waals surface area contributed by atoms with E-state index in [0.29, 0.717) is 41.0 Å². The van der Waals surface area contributed by atoms with Gasteiger partial charge in [-0.1, -0.05) is 6.07 Å². The Hall–Kier alpha value is -3.29. The Balaban J connectivity index is 1.79. The number of hydrogen-bond acceptors (Lipinski definition) is 10. The second-order valence-electron chi connectivity index (χ2n) is 9.62. The molecule has 1 N–H and O–H groups in total. The van der Waals surface area contributed by atoms with Gasteiger partial charge in [0.2, 0.25) is 16.0 Å². The second kappa shape index (κ2) is 12.3. The van der Waals surface area contributed by atoms with Gasteiger partial charge in [-0.2, -0.15) is 0 Å². The third-order valence-electron chi connectivity index (χ3n) is 6.44. The molecule has 1 saturated heterocycles. The molecule has 3 aromatic rings. The summed E-state index contributed by atoms with van der Waals surface area (Å²) in [5.41, 5.74) is 1.59. The Kier molecular flexibility index (Phi) is 9.03. The van der Waals surface area contributed by atoms with Gasteiger partial charge in [-0.15, -0.1) is 10.2 Å². The van der Waals surface area contributed by atoms with Gasteiger partial charge in [0.05, 0.1) is 37.9 Å². The minimum atomic E-state index is -4.09. The number of ether oxygens (including phenoxy) is 4. The molecule has 1 aliphatic rings. The van der Waals surface area contributed by atoms with E-state index in [0.717, 1.165) is 19.3 Å². The van der Waals surface area contributed by atoms with Gasteiger partial charge in [0.15, 0.2) is 5.82 Å². The Morgan fingerprint density at radius 3 is 2.33 bits per heavy atom. The number of sulfonamides is 1. The monoisotopic (exact) mass is 560 g/mol. The predicted octanol–water partition coefficient (Wildman–Crippen LogP) is 3.92. The molecule has 0 amide bonds. The number of para-hydroxylation sites is 1. The summed E-state index contributed by atoms with van der Waals surface area (Å²) in [4.78, 5) is 8.66. The van der Waals surface area contributed by atoms with Crippen molar-refractivity contribution in [1.82, 2.24) is 24.7 Å². The van der Waals surface area contributed by atoms with E-state index in [-0.39, 0.29) is 18.2 Å². The molecule has 1 aromatic carbocycles. The predicted molar refractivity (Wildman–Crippen MR) is 145 cm³/mol. The number of methoxy groups -OCH3 is 2. The van der Waals surface area contributed by atoms with Gasteiger partial charge in [-0.05, 0) is 59.1 Å². The van der Waals surface area contributed by atoms with Gasteiger partial charge < -0.3 is 18.9 Å². The van der Waals surface area contributed by atoms with Crippen LogP contribution in [0.2, 0.25) is 0 Å². The molecule has 0 saturated carbocycles. The van der Waals surface area contributed by atoms with Gasteiger partial charge in [-0.25, -0.2) is 8.42 Å². The molecule has 1 fully saturated rings. The topological polar surface area (TPSA) is 140 Å². The fourth-order valence-electron chi connectivity index (χ4n) is 4.43. The van der Waals surface area contributed by atoms with E-state index < -0.39 is 21.4 Å². The minimum Gasteiger partial charge on any atom is -0.494 e. The summed E-state index contributed by atoms with van der Waals surface area (Å²) in [7, 11) is -1.03. The molecular formula is C26H36N6O6S.